The molecule has 2 aromatic carbocycles. The second-order valence-electron chi connectivity index (χ2n) is 7.08. The zero-order chi connectivity index (χ0) is 24.1. The maximum atomic E-state index is 14.6. The normalized spacial score (nSPS) is 10.5. The van der Waals surface area contributed by atoms with Crippen LogP contribution in [0, 0.1) is 11.6 Å². The van der Waals surface area contributed by atoms with Gasteiger partial charge in [0.05, 0.1) is 0 Å². The molecule has 4 aromatic rings. The number of aromatic nitrogens is 3. The number of halogens is 2. The van der Waals surface area contributed by atoms with Crippen molar-refractivity contribution in [2.75, 3.05) is 5.32 Å². The van der Waals surface area contributed by atoms with Crippen LogP contribution < -0.4 is 15.6 Å². The van der Waals surface area contributed by atoms with Gasteiger partial charge in [0, 0.05) is 42.3 Å². The van der Waals surface area contributed by atoms with E-state index in [0.29, 0.717) is 17.9 Å². The molecule has 2 aromatic heterocycles. The van der Waals surface area contributed by atoms with Crippen molar-refractivity contribution in [2.24, 2.45) is 0 Å². The molecule has 1 amide bonds. The molecule has 0 saturated heterocycles. The van der Waals surface area contributed by atoms with Crippen molar-refractivity contribution in [3.8, 4) is 17.3 Å². The lowest BCUT2D eigenvalue weighted by molar-refractivity contribution is 0.102. The third kappa shape index (κ3) is 5.04. The van der Waals surface area contributed by atoms with E-state index in [4.69, 9.17) is 4.74 Å². The molecular weight excluding hydrogens is 442 g/mol. The molecule has 0 unspecified atom stereocenters. The van der Waals surface area contributed by atoms with Crippen LogP contribution >= 0.6 is 0 Å². The Morgan fingerprint density at radius 1 is 1.12 bits per heavy atom. The highest BCUT2D eigenvalue weighted by Gasteiger charge is 2.15. The molecule has 0 aliphatic rings. The summed E-state index contributed by atoms with van der Waals surface area (Å²) in [5.41, 5.74) is -0.245. The van der Waals surface area contributed by atoms with Crippen LogP contribution in [-0.4, -0.2) is 20.4 Å². The number of nitrogens with one attached hydrogen (secondary N) is 1. The third-order valence-electron chi connectivity index (χ3n) is 4.71. The average molecular weight is 460 g/mol. The standard InChI is InChI=1S/C25H18F2N4O3/c1-2-4-22-28-13-12-23(30-22)34-21-11-8-17(15-20(21)27)29-24(32)19-5-3-14-31(25(19)33)18-9-6-16(26)7-10-18/h2-3,5-15H,1,4H2,(H,29,32). The predicted molar refractivity (Wildman–Crippen MR) is 122 cm³/mol. The first-order chi connectivity index (χ1) is 16.4. The van der Waals surface area contributed by atoms with E-state index in [-0.39, 0.29) is 22.9 Å². The van der Waals surface area contributed by atoms with Gasteiger partial charge in [0.2, 0.25) is 5.88 Å². The first-order valence-electron chi connectivity index (χ1n) is 10.1. The fourth-order valence-electron chi connectivity index (χ4n) is 3.11. The van der Waals surface area contributed by atoms with Crippen molar-refractivity contribution >= 4 is 11.6 Å². The minimum atomic E-state index is -0.738. The minimum Gasteiger partial charge on any atom is -0.436 e. The van der Waals surface area contributed by atoms with Gasteiger partial charge in [-0.15, -0.1) is 6.58 Å². The number of benzene rings is 2. The van der Waals surface area contributed by atoms with Gasteiger partial charge < -0.3 is 10.1 Å². The van der Waals surface area contributed by atoms with Gasteiger partial charge in [-0.1, -0.05) is 6.08 Å². The Morgan fingerprint density at radius 2 is 1.91 bits per heavy atom. The summed E-state index contributed by atoms with van der Waals surface area (Å²) in [6.07, 6.45) is 5.03. The molecule has 0 saturated carbocycles. The lowest BCUT2D eigenvalue weighted by Crippen LogP contribution is -2.27. The van der Waals surface area contributed by atoms with Crippen LogP contribution in [0.2, 0.25) is 0 Å². The van der Waals surface area contributed by atoms with E-state index in [1.54, 1.807) is 6.08 Å². The van der Waals surface area contributed by atoms with Gasteiger partial charge in [0.1, 0.15) is 17.2 Å². The van der Waals surface area contributed by atoms with Gasteiger partial charge in [-0.05, 0) is 48.5 Å². The molecule has 0 fully saturated rings. The van der Waals surface area contributed by atoms with Crippen LogP contribution in [0.4, 0.5) is 14.5 Å². The van der Waals surface area contributed by atoms with Gasteiger partial charge in [0.25, 0.3) is 11.5 Å². The molecule has 2 heterocycles. The fourth-order valence-corrected chi connectivity index (χ4v) is 3.11. The van der Waals surface area contributed by atoms with Gasteiger partial charge in [0.15, 0.2) is 11.6 Å². The minimum absolute atomic E-state index is 0.0976. The topological polar surface area (TPSA) is 86.1 Å². The Balaban J connectivity index is 1.52. The maximum absolute atomic E-state index is 14.6. The van der Waals surface area contributed by atoms with Crippen LogP contribution in [0.5, 0.6) is 11.6 Å². The molecule has 9 heteroatoms. The molecule has 170 valence electrons. The van der Waals surface area contributed by atoms with Gasteiger partial charge in [-0.3, -0.25) is 14.2 Å². The fraction of sp³-hybridized carbons (Fsp3) is 0.0400. The Hall–Kier alpha value is -4.66. The predicted octanol–water partition coefficient (Wildman–Crippen LogP) is 4.68. The Morgan fingerprint density at radius 3 is 2.65 bits per heavy atom. The van der Waals surface area contributed by atoms with Gasteiger partial charge in [-0.25, -0.2) is 13.8 Å². The molecule has 1 N–H and O–H groups in total. The molecular formula is C25H18F2N4O3. The Kier molecular flexibility index (Phi) is 6.54. The highest BCUT2D eigenvalue weighted by atomic mass is 19.1. The van der Waals surface area contributed by atoms with E-state index in [9.17, 15) is 18.4 Å². The zero-order valence-electron chi connectivity index (χ0n) is 17.7. The number of anilines is 1. The molecule has 0 spiro atoms. The molecule has 0 bridgehead atoms. The van der Waals surface area contributed by atoms with Crippen LogP contribution in [0.3, 0.4) is 0 Å². The summed E-state index contributed by atoms with van der Waals surface area (Å²) in [4.78, 5) is 33.7. The summed E-state index contributed by atoms with van der Waals surface area (Å²) in [5.74, 6) is -1.37. The maximum Gasteiger partial charge on any atom is 0.267 e. The number of hydrogen-bond donors (Lipinski definition) is 1. The van der Waals surface area contributed by atoms with Crippen molar-refractivity contribution in [2.45, 2.75) is 6.42 Å². The summed E-state index contributed by atoms with van der Waals surface area (Å²) < 4.78 is 34.5. The van der Waals surface area contributed by atoms with E-state index in [1.165, 1.54) is 71.6 Å². The summed E-state index contributed by atoms with van der Waals surface area (Å²) >= 11 is 0. The molecule has 0 aliphatic carbocycles. The number of ether oxygens (including phenoxy) is 1. The third-order valence-corrected chi connectivity index (χ3v) is 4.71. The number of allylic oxidation sites excluding steroid dienone is 1. The molecule has 0 radical (unpaired) electrons. The van der Waals surface area contributed by atoms with Gasteiger partial charge >= 0.3 is 0 Å². The number of carbonyl (C=O) groups is 1. The number of carbonyl (C=O) groups excluding carboxylic acids is 1. The van der Waals surface area contributed by atoms with Crippen LogP contribution in [0.15, 0.2) is 90.5 Å². The zero-order valence-corrected chi connectivity index (χ0v) is 17.7. The lowest BCUT2D eigenvalue weighted by atomic mass is 10.2. The monoisotopic (exact) mass is 460 g/mol. The summed E-state index contributed by atoms with van der Waals surface area (Å²) in [6.45, 7) is 3.62. The first-order valence-corrected chi connectivity index (χ1v) is 10.1. The molecule has 0 atom stereocenters. The highest BCUT2D eigenvalue weighted by Crippen LogP contribution is 2.26. The Labute approximate surface area is 193 Å². The number of amides is 1. The molecule has 4 rings (SSSR count). The average Bonchev–Trinajstić information content (AvgIpc) is 2.82. The number of hydrogen-bond acceptors (Lipinski definition) is 5. The van der Waals surface area contributed by atoms with Crippen molar-refractivity contribution in [3.63, 3.8) is 0 Å². The van der Waals surface area contributed by atoms with Crippen LogP contribution in [0.25, 0.3) is 5.69 Å². The quantitative estimate of drug-likeness (QED) is 0.405. The number of rotatable bonds is 7. The number of pyridine rings is 1. The second kappa shape index (κ2) is 9.86. The largest absolute Gasteiger partial charge is 0.436 e. The van der Waals surface area contributed by atoms with Crippen molar-refractivity contribution in [3.05, 3.63) is 119 Å². The highest BCUT2D eigenvalue weighted by molar-refractivity contribution is 6.04. The van der Waals surface area contributed by atoms with E-state index in [1.807, 2.05) is 0 Å². The van der Waals surface area contributed by atoms with Crippen molar-refractivity contribution in [1.82, 2.24) is 14.5 Å². The van der Waals surface area contributed by atoms with E-state index in [2.05, 4.69) is 21.9 Å². The molecule has 7 nitrogen and oxygen atoms in total. The lowest BCUT2D eigenvalue weighted by Gasteiger charge is -2.10. The van der Waals surface area contributed by atoms with Crippen LogP contribution in [-0.2, 0) is 6.42 Å². The SMILES string of the molecule is C=CCc1nccc(Oc2ccc(NC(=O)c3cccn(-c4ccc(F)cc4)c3=O)cc2F)n1. The van der Waals surface area contributed by atoms with E-state index in [0.717, 1.165) is 6.07 Å². The van der Waals surface area contributed by atoms with Crippen molar-refractivity contribution < 1.29 is 18.3 Å². The van der Waals surface area contributed by atoms with Crippen molar-refractivity contribution in [1.29, 1.82) is 0 Å². The summed E-state index contributed by atoms with van der Waals surface area (Å²) in [7, 11) is 0. The van der Waals surface area contributed by atoms with Crippen LogP contribution in [0.1, 0.15) is 16.2 Å². The first kappa shape index (κ1) is 22.5. The molecule has 34 heavy (non-hydrogen) atoms. The van der Waals surface area contributed by atoms with E-state index < -0.39 is 23.1 Å². The number of nitrogens with zero attached hydrogens (tertiary/aromatic N) is 3. The van der Waals surface area contributed by atoms with E-state index >= 15 is 0 Å². The Bertz CT molecular complexity index is 1420. The summed E-state index contributed by atoms with van der Waals surface area (Å²) in [5, 5.41) is 2.50. The van der Waals surface area contributed by atoms with Gasteiger partial charge in [-0.2, -0.15) is 4.98 Å². The smallest absolute Gasteiger partial charge is 0.267 e. The molecule has 0 aliphatic heterocycles. The second-order valence-corrected chi connectivity index (χ2v) is 7.08. The summed E-state index contributed by atoms with van der Waals surface area (Å²) in [6, 6.07) is 13.5.